The van der Waals surface area contributed by atoms with E-state index in [-0.39, 0.29) is 24.1 Å². The molecule has 2 amide bonds. The number of hydrogen-bond acceptors (Lipinski definition) is 3. The van der Waals surface area contributed by atoms with E-state index < -0.39 is 0 Å². The van der Waals surface area contributed by atoms with Gasteiger partial charge in [0.1, 0.15) is 5.82 Å². The Hall–Kier alpha value is -3.42. The summed E-state index contributed by atoms with van der Waals surface area (Å²) >= 11 is 0. The summed E-state index contributed by atoms with van der Waals surface area (Å²) in [5, 5.41) is 7.14. The highest BCUT2D eigenvalue weighted by Crippen LogP contribution is 2.13. The van der Waals surface area contributed by atoms with Gasteiger partial charge in [-0.05, 0) is 36.4 Å². The summed E-state index contributed by atoms with van der Waals surface area (Å²) in [5.41, 5.74) is 0.894. The number of nitrogens with zero attached hydrogens (tertiary/aromatic N) is 4. The molecule has 3 aromatic rings. The lowest BCUT2D eigenvalue weighted by Crippen LogP contribution is -2.42. The third-order valence-corrected chi connectivity index (χ3v) is 4.25. The molecule has 132 valence electrons. The van der Waals surface area contributed by atoms with Crippen LogP contribution in [0.5, 0.6) is 0 Å². The van der Waals surface area contributed by atoms with Gasteiger partial charge in [-0.3, -0.25) is 4.57 Å². The van der Waals surface area contributed by atoms with Gasteiger partial charge in [0.25, 0.3) is 0 Å². The number of aromatic nitrogens is 3. The van der Waals surface area contributed by atoms with Crippen molar-refractivity contribution in [3.8, 4) is 5.69 Å². The molecule has 0 unspecified atom stereocenters. The van der Waals surface area contributed by atoms with Crippen molar-refractivity contribution in [2.24, 2.45) is 0 Å². The number of carbonyl (C=O) groups excluding carboxylic acids is 1. The molecule has 0 bridgehead atoms. The highest BCUT2D eigenvalue weighted by atomic mass is 19.1. The maximum atomic E-state index is 13.1. The van der Waals surface area contributed by atoms with Crippen LogP contribution >= 0.6 is 0 Å². The van der Waals surface area contributed by atoms with Crippen LogP contribution in [-0.2, 0) is 13.1 Å². The largest absolute Gasteiger partial charge is 0.350 e. The molecule has 2 heterocycles. The van der Waals surface area contributed by atoms with E-state index in [1.54, 1.807) is 17.0 Å². The van der Waals surface area contributed by atoms with Gasteiger partial charge < -0.3 is 10.2 Å². The van der Waals surface area contributed by atoms with E-state index in [1.165, 1.54) is 33.5 Å². The third-order valence-electron chi connectivity index (χ3n) is 4.25. The highest BCUT2D eigenvalue weighted by Gasteiger charge is 2.25. The van der Waals surface area contributed by atoms with Crippen molar-refractivity contribution in [3.05, 3.63) is 76.7 Å². The molecule has 1 aromatic heterocycles. The van der Waals surface area contributed by atoms with Crippen LogP contribution in [-0.4, -0.2) is 31.8 Å². The Morgan fingerprint density at radius 3 is 2.50 bits per heavy atom. The molecule has 4 rings (SSSR count). The second kappa shape index (κ2) is 6.47. The van der Waals surface area contributed by atoms with Crippen molar-refractivity contribution in [1.29, 1.82) is 0 Å². The zero-order chi connectivity index (χ0) is 18.1. The SMILES string of the molecule is O=C(Nc1ccccc1)N1CCn2c(nn(-c3ccc(F)cc3)c2=O)C1. The van der Waals surface area contributed by atoms with Gasteiger partial charge in [0.05, 0.1) is 12.2 Å². The number of anilines is 1. The smallest absolute Gasteiger partial charge is 0.315 e. The van der Waals surface area contributed by atoms with Crippen molar-refractivity contribution in [3.63, 3.8) is 0 Å². The third kappa shape index (κ3) is 2.97. The van der Waals surface area contributed by atoms with Crippen molar-refractivity contribution in [2.75, 3.05) is 11.9 Å². The molecule has 0 spiro atoms. The fraction of sp³-hybridized carbons (Fsp3) is 0.167. The molecular weight excluding hydrogens is 337 g/mol. The van der Waals surface area contributed by atoms with Gasteiger partial charge in [-0.2, -0.15) is 4.68 Å². The summed E-state index contributed by atoms with van der Waals surface area (Å²) in [6.45, 7) is 0.986. The van der Waals surface area contributed by atoms with Crippen LogP contribution in [0.15, 0.2) is 59.4 Å². The molecular formula is C18H16FN5O2. The minimum Gasteiger partial charge on any atom is -0.315 e. The van der Waals surface area contributed by atoms with Gasteiger partial charge in [-0.15, -0.1) is 5.10 Å². The first kappa shape index (κ1) is 16.1. The van der Waals surface area contributed by atoms with Crippen molar-refractivity contribution < 1.29 is 9.18 Å². The Labute approximate surface area is 148 Å². The Morgan fingerprint density at radius 2 is 1.77 bits per heavy atom. The van der Waals surface area contributed by atoms with Crippen LogP contribution in [0.4, 0.5) is 14.9 Å². The molecule has 0 radical (unpaired) electrons. The molecule has 0 saturated carbocycles. The first-order valence-electron chi connectivity index (χ1n) is 8.17. The summed E-state index contributed by atoms with van der Waals surface area (Å²) < 4.78 is 15.9. The maximum Gasteiger partial charge on any atom is 0.350 e. The van der Waals surface area contributed by atoms with Crippen LogP contribution in [0.25, 0.3) is 5.69 Å². The van der Waals surface area contributed by atoms with Crippen LogP contribution < -0.4 is 11.0 Å². The standard InChI is InChI=1S/C18H16FN5O2/c19-13-6-8-15(9-7-13)24-18(26)23-11-10-22(12-16(23)21-24)17(25)20-14-4-2-1-3-5-14/h1-9H,10-12H2,(H,20,25). The molecule has 0 atom stereocenters. The first-order chi connectivity index (χ1) is 12.6. The Kier molecular flexibility index (Phi) is 4.00. The van der Waals surface area contributed by atoms with Gasteiger partial charge in [0.2, 0.25) is 0 Å². The lowest BCUT2D eigenvalue weighted by atomic mass is 10.3. The molecule has 1 N–H and O–H groups in total. The quantitative estimate of drug-likeness (QED) is 0.768. The number of urea groups is 1. The summed E-state index contributed by atoms with van der Waals surface area (Å²) in [6.07, 6.45) is 0. The number of hydrogen-bond donors (Lipinski definition) is 1. The fourth-order valence-electron chi connectivity index (χ4n) is 2.90. The molecule has 8 heteroatoms. The van der Waals surface area contributed by atoms with Crippen LogP contribution in [0.1, 0.15) is 5.82 Å². The number of amides is 2. The normalized spacial score (nSPS) is 13.3. The van der Waals surface area contributed by atoms with Crippen LogP contribution in [0.2, 0.25) is 0 Å². The van der Waals surface area contributed by atoms with E-state index >= 15 is 0 Å². The van der Waals surface area contributed by atoms with Crippen molar-refractivity contribution >= 4 is 11.7 Å². The molecule has 0 fully saturated rings. The average molecular weight is 353 g/mol. The van der Waals surface area contributed by atoms with Crippen molar-refractivity contribution in [2.45, 2.75) is 13.1 Å². The fourth-order valence-corrected chi connectivity index (χ4v) is 2.90. The summed E-state index contributed by atoms with van der Waals surface area (Å²) in [5.74, 6) is 0.114. The van der Waals surface area contributed by atoms with Gasteiger partial charge >= 0.3 is 11.7 Å². The zero-order valence-electron chi connectivity index (χ0n) is 13.8. The van der Waals surface area contributed by atoms with Crippen LogP contribution in [0, 0.1) is 5.82 Å². The van der Waals surface area contributed by atoms with Gasteiger partial charge in [0, 0.05) is 18.8 Å². The van der Waals surface area contributed by atoms with E-state index in [1.807, 2.05) is 18.2 Å². The molecule has 0 saturated heterocycles. The Balaban J connectivity index is 1.55. The van der Waals surface area contributed by atoms with Gasteiger partial charge in [0.15, 0.2) is 5.82 Å². The van der Waals surface area contributed by atoms with Gasteiger partial charge in [-0.1, -0.05) is 18.2 Å². The maximum absolute atomic E-state index is 13.1. The summed E-state index contributed by atoms with van der Waals surface area (Å²) in [4.78, 5) is 26.5. The summed E-state index contributed by atoms with van der Waals surface area (Å²) in [7, 11) is 0. The van der Waals surface area contributed by atoms with E-state index in [9.17, 15) is 14.0 Å². The second-order valence-electron chi connectivity index (χ2n) is 5.96. The monoisotopic (exact) mass is 353 g/mol. The predicted molar refractivity (Wildman–Crippen MR) is 93.7 cm³/mol. The molecule has 2 aromatic carbocycles. The number of fused-ring (bicyclic) bond motifs is 1. The zero-order valence-corrected chi connectivity index (χ0v) is 13.8. The Bertz CT molecular complexity index is 995. The van der Waals surface area contributed by atoms with E-state index in [0.717, 1.165) is 0 Å². The predicted octanol–water partition coefficient (Wildman–Crippen LogP) is 2.22. The molecule has 0 aliphatic carbocycles. The Morgan fingerprint density at radius 1 is 1.04 bits per heavy atom. The average Bonchev–Trinajstić information content (AvgIpc) is 2.99. The number of para-hydroxylation sites is 1. The van der Waals surface area contributed by atoms with Gasteiger partial charge in [-0.25, -0.2) is 14.0 Å². The highest BCUT2D eigenvalue weighted by molar-refractivity contribution is 5.89. The molecule has 1 aliphatic rings. The van der Waals surface area contributed by atoms with Crippen LogP contribution in [0.3, 0.4) is 0 Å². The van der Waals surface area contributed by atoms with E-state index in [4.69, 9.17) is 0 Å². The second-order valence-corrected chi connectivity index (χ2v) is 5.96. The minimum absolute atomic E-state index is 0.224. The molecule has 1 aliphatic heterocycles. The number of rotatable bonds is 2. The topological polar surface area (TPSA) is 72.2 Å². The number of halogens is 1. The lowest BCUT2D eigenvalue weighted by Gasteiger charge is -2.26. The number of benzene rings is 2. The molecule has 26 heavy (non-hydrogen) atoms. The molecule has 7 nitrogen and oxygen atoms in total. The number of nitrogens with one attached hydrogen (secondary N) is 1. The minimum atomic E-state index is -0.380. The van der Waals surface area contributed by atoms with Crippen molar-refractivity contribution in [1.82, 2.24) is 19.2 Å². The number of carbonyl (C=O) groups is 1. The lowest BCUT2D eigenvalue weighted by molar-refractivity contribution is 0.195. The summed E-state index contributed by atoms with van der Waals surface area (Å²) in [6, 6.07) is 14.5. The van der Waals surface area contributed by atoms with E-state index in [0.29, 0.717) is 30.3 Å². The first-order valence-corrected chi connectivity index (χ1v) is 8.17. The van der Waals surface area contributed by atoms with E-state index in [2.05, 4.69) is 10.4 Å².